The van der Waals surface area contributed by atoms with Crippen molar-refractivity contribution in [2.45, 2.75) is 38.0 Å². The van der Waals surface area contributed by atoms with Crippen molar-refractivity contribution >= 4 is 5.84 Å². The van der Waals surface area contributed by atoms with Gasteiger partial charge < -0.3 is 21.1 Å². The highest BCUT2D eigenvalue weighted by Crippen LogP contribution is 2.23. The van der Waals surface area contributed by atoms with E-state index in [1.807, 2.05) is 6.92 Å². The number of hydrogen-bond donors (Lipinski definition) is 5. The van der Waals surface area contributed by atoms with Gasteiger partial charge in [-0.25, -0.2) is 4.98 Å². The number of nitrogens with zero attached hydrogens (tertiary/aromatic N) is 1. The van der Waals surface area contributed by atoms with Gasteiger partial charge in [0, 0.05) is 24.4 Å². The summed E-state index contributed by atoms with van der Waals surface area (Å²) in [6, 6.07) is 0.00411. The largest absolute Gasteiger partial charge is 0.385 e. The fraction of sp³-hybridized carbons (Fsp3) is 0.636. The molecule has 1 aromatic heterocycles. The first-order valence-electron chi connectivity index (χ1n) is 5.87. The molecule has 0 bridgehead atoms. The molecule has 2 heterocycles. The average molecular weight is 237 g/mol. The summed E-state index contributed by atoms with van der Waals surface area (Å²) in [5.74, 6) is 1.06. The summed E-state index contributed by atoms with van der Waals surface area (Å²) in [7, 11) is 0. The number of aromatic nitrogens is 2. The standard InChI is InChI=1S/C11H19N5O/c1-6-8(16-10(13)9(6)17)3-2-7(12)11-14-4-5-15-11/h4-9,17H,2-3,12H2,1H3,(H2,13,16)(H,14,15)/t6-,7?,8+,9-/m0/s1. The van der Waals surface area contributed by atoms with Crippen molar-refractivity contribution in [2.24, 2.45) is 11.7 Å². The van der Waals surface area contributed by atoms with Crippen LogP contribution in [0.25, 0.3) is 0 Å². The molecular formula is C11H19N5O. The first-order valence-corrected chi connectivity index (χ1v) is 5.87. The van der Waals surface area contributed by atoms with Crippen LogP contribution >= 0.6 is 0 Å². The highest BCUT2D eigenvalue weighted by molar-refractivity contribution is 5.86. The molecule has 6 nitrogen and oxygen atoms in total. The molecule has 1 fully saturated rings. The van der Waals surface area contributed by atoms with Crippen LogP contribution in [0.5, 0.6) is 0 Å². The minimum absolute atomic E-state index is 0.0614. The summed E-state index contributed by atoms with van der Waals surface area (Å²) >= 11 is 0. The molecule has 0 amide bonds. The molecule has 0 aromatic carbocycles. The van der Waals surface area contributed by atoms with E-state index in [-0.39, 0.29) is 23.8 Å². The number of hydrogen-bond acceptors (Lipinski definition) is 4. The number of aliphatic hydroxyl groups excluding tert-OH is 1. The van der Waals surface area contributed by atoms with Gasteiger partial charge >= 0.3 is 0 Å². The van der Waals surface area contributed by atoms with Gasteiger partial charge in [0.1, 0.15) is 17.8 Å². The number of rotatable bonds is 4. The Kier molecular flexibility index (Phi) is 3.44. The summed E-state index contributed by atoms with van der Waals surface area (Å²) in [6.07, 6.45) is 4.37. The normalized spacial score (nSPS) is 30.3. The summed E-state index contributed by atoms with van der Waals surface area (Å²) in [4.78, 5) is 7.11. The molecule has 0 aliphatic carbocycles. The Bertz CT molecular complexity index is 377. The molecule has 2 rings (SSSR count). The Hall–Kier alpha value is -1.40. The van der Waals surface area contributed by atoms with Crippen LogP contribution in [0, 0.1) is 11.3 Å². The molecule has 4 atom stereocenters. The minimum Gasteiger partial charge on any atom is -0.385 e. The maximum absolute atomic E-state index is 9.65. The number of nitrogens with one attached hydrogen (secondary N) is 3. The Morgan fingerprint density at radius 3 is 2.94 bits per heavy atom. The van der Waals surface area contributed by atoms with Crippen LogP contribution in [0.15, 0.2) is 12.4 Å². The highest BCUT2D eigenvalue weighted by atomic mass is 16.3. The molecular weight excluding hydrogens is 218 g/mol. The number of amidine groups is 1. The lowest BCUT2D eigenvalue weighted by Crippen LogP contribution is -2.29. The summed E-state index contributed by atoms with van der Waals surface area (Å²) in [5, 5.41) is 20.2. The van der Waals surface area contributed by atoms with Gasteiger partial charge in [0.25, 0.3) is 0 Å². The van der Waals surface area contributed by atoms with Crippen molar-refractivity contribution in [1.29, 1.82) is 5.41 Å². The number of aromatic amines is 1. The molecule has 1 aliphatic rings. The fourth-order valence-electron chi connectivity index (χ4n) is 2.21. The van der Waals surface area contributed by atoms with E-state index in [1.165, 1.54) is 0 Å². The topological polar surface area (TPSA) is 111 Å². The van der Waals surface area contributed by atoms with Gasteiger partial charge in [-0.15, -0.1) is 0 Å². The van der Waals surface area contributed by atoms with Gasteiger partial charge in [-0.05, 0) is 12.8 Å². The van der Waals surface area contributed by atoms with Crippen molar-refractivity contribution < 1.29 is 5.11 Å². The zero-order chi connectivity index (χ0) is 12.4. The fourth-order valence-corrected chi connectivity index (χ4v) is 2.21. The third-order valence-electron chi connectivity index (χ3n) is 3.43. The third kappa shape index (κ3) is 2.48. The summed E-state index contributed by atoms with van der Waals surface area (Å²) < 4.78 is 0. The first kappa shape index (κ1) is 12.1. The van der Waals surface area contributed by atoms with Crippen molar-refractivity contribution in [2.75, 3.05) is 0 Å². The second-order valence-corrected chi connectivity index (χ2v) is 4.63. The van der Waals surface area contributed by atoms with E-state index in [2.05, 4.69) is 15.3 Å². The smallest absolute Gasteiger partial charge is 0.123 e. The molecule has 0 saturated carbocycles. The molecule has 94 valence electrons. The first-order chi connectivity index (χ1) is 8.09. The molecule has 1 aromatic rings. The lowest BCUT2D eigenvalue weighted by Gasteiger charge is -2.17. The molecule has 6 heteroatoms. The second-order valence-electron chi connectivity index (χ2n) is 4.63. The van der Waals surface area contributed by atoms with Gasteiger partial charge in [-0.2, -0.15) is 0 Å². The summed E-state index contributed by atoms with van der Waals surface area (Å²) in [6.45, 7) is 1.95. The van der Waals surface area contributed by atoms with E-state index in [0.29, 0.717) is 0 Å². The SMILES string of the molecule is C[C@@H]1[C@H](O)C(=N)N[C@@H]1CCC(N)c1ncc[nH]1. The number of imidazole rings is 1. The van der Waals surface area contributed by atoms with Crippen LogP contribution < -0.4 is 11.1 Å². The highest BCUT2D eigenvalue weighted by Gasteiger charge is 2.35. The maximum Gasteiger partial charge on any atom is 0.123 e. The van der Waals surface area contributed by atoms with E-state index in [1.54, 1.807) is 12.4 Å². The molecule has 1 unspecified atom stereocenters. The predicted molar refractivity (Wildman–Crippen MR) is 64.6 cm³/mol. The zero-order valence-corrected chi connectivity index (χ0v) is 9.85. The van der Waals surface area contributed by atoms with E-state index in [4.69, 9.17) is 11.1 Å². The Morgan fingerprint density at radius 2 is 2.41 bits per heavy atom. The van der Waals surface area contributed by atoms with E-state index < -0.39 is 6.10 Å². The average Bonchev–Trinajstić information content (AvgIpc) is 2.91. The zero-order valence-electron chi connectivity index (χ0n) is 9.85. The quantitative estimate of drug-likeness (QED) is 0.512. The van der Waals surface area contributed by atoms with Gasteiger partial charge in [-0.3, -0.25) is 5.41 Å². The maximum atomic E-state index is 9.65. The molecule has 0 radical (unpaired) electrons. The van der Waals surface area contributed by atoms with Crippen molar-refractivity contribution in [3.63, 3.8) is 0 Å². The van der Waals surface area contributed by atoms with Crippen molar-refractivity contribution in [1.82, 2.24) is 15.3 Å². The van der Waals surface area contributed by atoms with Crippen LogP contribution in [-0.2, 0) is 0 Å². The minimum atomic E-state index is -0.667. The number of nitrogens with two attached hydrogens (primary N) is 1. The molecule has 1 saturated heterocycles. The second kappa shape index (κ2) is 4.85. The van der Waals surface area contributed by atoms with E-state index >= 15 is 0 Å². The van der Waals surface area contributed by atoms with Crippen LogP contribution in [0.4, 0.5) is 0 Å². The van der Waals surface area contributed by atoms with Gasteiger partial charge in [0.2, 0.25) is 0 Å². The number of aliphatic hydroxyl groups is 1. The van der Waals surface area contributed by atoms with Gasteiger partial charge in [0.05, 0.1) is 6.04 Å². The lowest BCUT2D eigenvalue weighted by atomic mass is 9.95. The van der Waals surface area contributed by atoms with Crippen LogP contribution in [0.1, 0.15) is 31.6 Å². The Balaban J connectivity index is 1.85. The number of H-pyrrole nitrogens is 1. The third-order valence-corrected chi connectivity index (χ3v) is 3.43. The van der Waals surface area contributed by atoms with Gasteiger partial charge in [-0.1, -0.05) is 6.92 Å². The van der Waals surface area contributed by atoms with E-state index in [9.17, 15) is 5.11 Å². The summed E-state index contributed by atoms with van der Waals surface area (Å²) in [5.41, 5.74) is 5.99. The van der Waals surface area contributed by atoms with Crippen LogP contribution in [0.2, 0.25) is 0 Å². The van der Waals surface area contributed by atoms with Crippen LogP contribution in [0.3, 0.4) is 0 Å². The molecule has 0 spiro atoms. The Morgan fingerprint density at radius 1 is 1.65 bits per heavy atom. The molecule has 17 heavy (non-hydrogen) atoms. The monoisotopic (exact) mass is 237 g/mol. The van der Waals surface area contributed by atoms with Crippen molar-refractivity contribution in [3.8, 4) is 0 Å². The van der Waals surface area contributed by atoms with Gasteiger partial charge in [0.15, 0.2) is 0 Å². The van der Waals surface area contributed by atoms with E-state index in [0.717, 1.165) is 18.7 Å². The predicted octanol–water partition coefficient (Wildman–Crippen LogP) is 0.136. The molecule has 1 aliphatic heterocycles. The van der Waals surface area contributed by atoms with Crippen molar-refractivity contribution in [3.05, 3.63) is 18.2 Å². The molecule has 6 N–H and O–H groups in total. The Labute approximate surface area is 100 Å². The lowest BCUT2D eigenvalue weighted by molar-refractivity contribution is 0.179. The van der Waals surface area contributed by atoms with Crippen LogP contribution in [-0.4, -0.2) is 33.1 Å².